The molecule has 2 aromatic rings. The van der Waals surface area contributed by atoms with Gasteiger partial charge in [0.2, 0.25) is 0 Å². The van der Waals surface area contributed by atoms with E-state index in [9.17, 15) is 0 Å². The second kappa shape index (κ2) is 5.02. The van der Waals surface area contributed by atoms with Crippen molar-refractivity contribution in [3.63, 3.8) is 0 Å². The molecule has 4 heteroatoms. The van der Waals surface area contributed by atoms with E-state index in [4.69, 9.17) is 0 Å². The maximum Gasteiger partial charge on any atom is 0.186 e. The molecule has 92 valence electrons. The molecule has 1 aromatic heterocycles. The van der Waals surface area contributed by atoms with Gasteiger partial charge in [0.25, 0.3) is 0 Å². The van der Waals surface area contributed by atoms with Gasteiger partial charge in [-0.15, -0.1) is 0 Å². The van der Waals surface area contributed by atoms with Crippen LogP contribution in [-0.2, 0) is 0 Å². The first-order chi connectivity index (χ1) is 8.08. The van der Waals surface area contributed by atoms with Crippen molar-refractivity contribution in [2.45, 2.75) is 6.92 Å². The zero-order valence-corrected chi connectivity index (χ0v) is 11.7. The summed E-state index contributed by atoms with van der Waals surface area (Å²) in [5.41, 5.74) is 2.42. The van der Waals surface area contributed by atoms with Crippen molar-refractivity contribution in [2.24, 2.45) is 0 Å². The molecule has 0 saturated heterocycles. The highest BCUT2D eigenvalue weighted by atomic mass is 32.1. The number of rotatable bonds is 4. The van der Waals surface area contributed by atoms with Gasteiger partial charge in [0.05, 0.1) is 10.2 Å². The number of hydrogen-bond donors (Lipinski definition) is 0. The van der Waals surface area contributed by atoms with Crippen LogP contribution in [0.15, 0.2) is 18.2 Å². The molecule has 17 heavy (non-hydrogen) atoms. The van der Waals surface area contributed by atoms with Gasteiger partial charge in [-0.3, -0.25) is 0 Å². The minimum atomic E-state index is 1.01. The summed E-state index contributed by atoms with van der Waals surface area (Å²) in [6, 6.07) is 6.30. The number of anilines is 1. The summed E-state index contributed by atoms with van der Waals surface area (Å²) in [4.78, 5) is 9.09. The molecular weight excluding hydrogens is 230 g/mol. The average molecular weight is 249 g/mol. The monoisotopic (exact) mass is 249 g/mol. The fraction of sp³-hybridized carbons (Fsp3) is 0.462. The van der Waals surface area contributed by atoms with Crippen LogP contribution in [0.25, 0.3) is 10.2 Å². The Morgan fingerprint density at radius 3 is 2.59 bits per heavy atom. The summed E-state index contributed by atoms with van der Waals surface area (Å²) >= 11 is 1.78. The Hall–Kier alpha value is -1.13. The molecule has 0 aliphatic carbocycles. The lowest BCUT2D eigenvalue weighted by molar-refractivity contribution is 0.416. The van der Waals surface area contributed by atoms with Crippen LogP contribution in [-0.4, -0.2) is 44.1 Å². The number of hydrogen-bond acceptors (Lipinski definition) is 4. The zero-order chi connectivity index (χ0) is 12.4. The van der Waals surface area contributed by atoms with Gasteiger partial charge in [0.15, 0.2) is 5.13 Å². The molecule has 0 aliphatic rings. The topological polar surface area (TPSA) is 19.4 Å². The van der Waals surface area contributed by atoms with Crippen LogP contribution in [0, 0.1) is 6.92 Å². The highest BCUT2D eigenvalue weighted by Crippen LogP contribution is 2.30. The lowest BCUT2D eigenvalue weighted by atomic mass is 10.2. The van der Waals surface area contributed by atoms with Crippen LogP contribution in [0.3, 0.4) is 0 Å². The number of fused-ring (bicyclic) bond motifs is 1. The molecule has 0 aliphatic heterocycles. The largest absolute Gasteiger partial charge is 0.350 e. The highest BCUT2D eigenvalue weighted by molar-refractivity contribution is 7.22. The van der Waals surface area contributed by atoms with Gasteiger partial charge in [-0.1, -0.05) is 23.5 Å². The van der Waals surface area contributed by atoms with Crippen LogP contribution in [0.5, 0.6) is 0 Å². The van der Waals surface area contributed by atoms with Crippen molar-refractivity contribution < 1.29 is 0 Å². The predicted molar refractivity (Wildman–Crippen MR) is 76.2 cm³/mol. The van der Waals surface area contributed by atoms with Crippen molar-refractivity contribution in [3.8, 4) is 0 Å². The zero-order valence-electron chi connectivity index (χ0n) is 10.9. The summed E-state index contributed by atoms with van der Waals surface area (Å²) in [5.74, 6) is 0. The molecule has 0 fully saturated rings. The molecule has 0 atom stereocenters. The van der Waals surface area contributed by atoms with Gasteiger partial charge in [-0.25, -0.2) is 4.98 Å². The Morgan fingerprint density at radius 2 is 1.94 bits per heavy atom. The first-order valence-electron chi connectivity index (χ1n) is 5.80. The van der Waals surface area contributed by atoms with E-state index < -0.39 is 0 Å². The van der Waals surface area contributed by atoms with E-state index >= 15 is 0 Å². The smallest absolute Gasteiger partial charge is 0.186 e. The van der Waals surface area contributed by atoms with Crippen LogP contribution in [0.4, 0.5) is 5.13 Å². The third-order valence-electron chi connectivity index (χ3n) is 2.81. The van der Waals surface area contributed by atoms with E-state index in [1.807, 2.05) is 0 Å². The van der Waals surface area contributed by atoms with Gasteiger partial charge >= 0.3 is 0 Å². The normalized spacial score (nSPS) is 11.4. The lowest BCUT2D eigenvalue weighted by Gasteiger charge is -2.18. The molecule has 0 amide bonds. The Labute approximate surface area is 107 Å². The Balaban J connectivity index is 2.21. The number of thiazole rings is 1. The third-order valence-corrected chi connectivity index (χ3v) is 4.13. The second-order valence-corrected chi connectivity index (χ2v) is 5.62. The van der Waals surface area contributed by atoms with Crippen molar-refractivity contribution in [3.05, 3.63) is 23.8 Å². The molecule has 0 saturated carbocycles. The van der Waals surface area contributed by atoms with Crippen LogP contribution >= 0.6 is 11.3 Å². The first-order valence-corrected chi connectivity index (χ1v) is 6.61. The molecule has 0 bridgehead atoms. The molecule has 0 unspecified atom stereocenters. The van der Waals surface area contributed by atoms with E-state index in [1.54, 1.807) is 11.3 Å². The molecular formula is C13H19N3S. The second-order valence-electron chi connectivity index (χ2n) is 4.64. The Kier molecular flexibility index (Phi) is 3.64. The van der Waals surface area contributed by atoms with E-state index in [0.29, 0.717) is 0 Å². The van der Waals surface area contributed by atoms with Crippen LogP contribution < -0.4 is 4.90 Å². The van der Waals surface area contributed by atoms with Gasteiger partial charge in [0.1, 0.15) is 0 Å². The quantitative estimate of drug-likeness (QED) is 0.830. The van der Waals surface area contributed by atoms with Gasteiger partial charge in [-0.2, -0.15) is 0 Å². The van der Waals surface area contributed by atoms with Crippen molar-refractivity contribution in [2.75, 3.05) is 39.1 Å². The molecule has 0 radical (unpaired) electrons. The van der Waals surface area contributed by atoms with E-state index in [0.717, 1.165) is 23.7 Å². The number of benzene rings is 1. The number of nitrogens with zero attached hydrogens (tertiary/aromatic N) is 3. The molecule has 0 N–H and O–H groups in total. The van der Waals surface area contributed by atoms with Crippen molar-refractivity contribution >= 4 is 26.7 Å². The molecule has 1 heterocycles. The Morgan fingerprint density at radius 1 is 1.18 bits per heavy atom. The lowest BCUT2D eigenvalue weighted by Crippen LogP contribution is -2.28. The van der Waals surface area contributed by atoms with Crippen LogP contribution in [0.2, 0.25) is 0 Å². The summed E-state index contributed by atoms with van der Waals surface area (Å²) in [5, 5.41) is 1.11. The van der Waals surface area contributed by atoms with Gasteiger partial charge in [-0.05, 0) is 32.6 Å². The minimum absolute atomic E-state index is 1.01. The molecule has 1 aromatic carbocycles. The van der Waals surface area contributed by atoms with Gasteiger partial charge < -0.3 is 9.80 Å². The number of likely N-dealkylation sites (N-methyl/N-ethyl adjacent to an activating group) is 2. The fourth-order valence-electron chi connectivity index (χ4n) is 1.68. The predicted octanol–water partition coefficient (Wildman–Crippen LogP) is 2.60. The Bertz CT molecular complexity index is 504. The maximum absolute atomic E-state index is 4.68. The highest BCUT2D eigenvalue weighted by Gasteiger charge is 2.09. The van der Waals surface area contributed by atoms with Crippen molar-refractivity contribution in [1.29, 1.82) is 0 Å². The van der Waals surface area contributed by atoms with Crippen molar-refractivity contribution in [1.82, 2.24) is 9.88 Å². The summed E-state index contributed by atoms with van der Waals surface area (Å²) in [7, 11) is 6.29. The number of aryl methyl sites for hydroxylation is 1. The summed E-state index contributed by atoms with van der Waals surface area (Å²) in [6.07, 6.45) is 0. The molecule has 0 spiro atoms. The third kappa shape index (κ3) is 2.76. The molecule has 3 nitrogen and oxygen atoms in total. The van der Waals surface area contributed by atoms with E-state index in [1.165, 1.54) is 10.3 Å². The molecule has 2 rings (SSSR count). The summed E-state index contributed by atoms with van der Waals surface area (Å²) in [6.45, 7) is 4.20. The summed E-state index contributed by atoms with van der Waals surface area (Å²) < 4.78 is 1.30. The fourth-order valence-corrected chi connectivity index (χ4v) is 2.70. The SMILES string of the molecule is Cc1cccc2nc(N(C)CCN(C)C)sc12. The van der Waals surface area contributed by atoms with Crippen LogP contribution in [0.1, 0.15) is 5.56 Å². The average Bonchev–Trinajstić information content (AvgIpc) is 2.71. The maximum atomic E-state index is 4.68. The van der Waals surface area contributed by atoms with E-state index in [2.05, 4.69) is 61.0 Å². The number of aromatic nitrogens is 1. The first kappa shape index (κ1) is 12.3. The van der Waals surface area contributed by atoms with E-state index in [-0.39, 0.29) is 0 Å². The standard InChI is InChI=1S/C13H19N3S/c1-10-6-5-7-11-12(10)17-13(14-11)16(4)9-8-15(2)3/h5-7H,8-9H2,1-4H3. The minimum Gasteiger partial charge on any atom is -0.350 e. The van der Waals surface area contributed by atoms with Gasteiger partial charge in [0, 0.05) is 20.1 Å².